The molecule has 0 bridgehead atoms. The molecule has 1 aliphatic heterocycles. The molecule has 32 heavy (non-hydrogen) atoms. The van der Waals surface area contributed by atoms with Crippen molar-refractivity contribution in [2.75, 3.05) is 25.0 Å². The molecular formula is C24H31BrN2O4S. The molecule has 0 saturated carbocycles. The summed E-state index contributed by atoms with van der Waals surface area (Å²) in [6.07, 6.45) is 2.10. The first-order valence-electron chi connectivity index (χ1n) is 11.0. The zero-order chi connectivity index (χ0) is 23.5. The van der Waals surface area contributed by atoms with E-state index in [2.05, 4.69) is 21.2 Å². The van der Waals surface area contributed by atoms with Crippen LogP contribution in [0.25, 0.3) is 0 Å². The van der Waals surface area contributed by atoms with Crippen molar-refractivity contribution < 1.29 is 17.9 Å². The second kappa shape index (κ2) is 10.4. The third kappa shape index (κ3) is 5.35. The zero-order valence-corrected chi connectivity index (χ0v) is 21.5. The highest BCUT2D eigenvalue weighted by Gasteiger charge is 2.34. The predicted molar refractivity (Wildman–Crippen MR) is 131 cm³/mol. The van der Waals surface area contributed by atoms with E-state index < -0.39 is 15.9 Å². The van der Waals surface area contributed by atoms with Crippen LogP contribution >= 0.6 is 15.9 Å². The molecule has 2 aromatic rings. The lowest BCUT2D eigenvalue weighted by molar-refractivity contribution is -0.120. The summed E-state index contributed by atoms with van der Waals surface area (Å²) in [6.45, 7) is 8.85. The zero-order valence-electron chi connectivity index (χ0n) is 19.1. The molecule has 0 radical (unpaired) electrons. The van der Waals surface area contributed by atoms with Crippen LogP contribution in [0.5, 0.6) is 5.75 Å². The van der Waals surface area contributed by atoms with Gasteiger partial charge in [0.05, 0.1) is 17.4 Å². The summed E-state index contributed by atoms with van der Waals surface area (Å²) < 4.78 is 34.5. The number of rotatable bonds is 7. The number of nitrogens with zero attached hydrogens (tertiary/aromatic N) is 1. The van der Waals surface area contributed by atoms with Crippen LogP contribution in [0.2, 0.25) is 0 Å². The third-order valence-corrected chi connectivity index (χ3v) is 8.17. The van der Waals surface area contributed by atoms with Gasteiger partial charge < -0.3 is 10.1 Å². The summed E-state index contributed by atoms with van der Waals surface area (Å²) in [7, 11) is -3.69. The molecule has 8 heteroatoms. The highest BCUT2D eigenvalue weighted by Crippen LogP contribution is 2.30. The third-order valence-electron chi connectivity index (χ3n) is 5.85. The molecule has 1 N–H and O–H groups in total. The van der Waals surface area contributed by atoms with Crippen LogP contribution in [0.4, 0.5) is 5.69 Å². The molecule has 1 saturated heterocycles. The Morgan fingerprint density at radius 1 is 1.19 bits per heavy atom. The Balaban J connectivity index is 1.78. The van der Waals surface area contributed by atoms with Gasteiger partial charge in [-0.3, -0.25) is 4.79 Å². The Morgan fingerprint density at radius 2 is 1.94 bits per heavy atom. The Morgan fingerprint density at radius 3 is 2.59 bits per heavy atom. The van der Waals surface area contributed by atoms with Crippen molar-refractivity contribution in [1.82, 2.24) is 4.31 Å². The number of sulfonamides is 1. The molecule has 174 valence electrons. The average Bonchev–Trinajstić information content (AvgIpc) is 2.76. The van der Waals surface area contributed by atoms with Gasteiger partial charge in [-0.1, -0.05) is 22.9 Å². The van der Waals surface area contributed by atoms with Gasteiger partial charge in [0.15, 0.2) is 0 Å². The normalized spacial score (nSPS) is 17.2. The molecule has 2 aromatic carbocycles. The largest absolute Gasteiger partial charge is 0.494 e. The van der Waals surface area contributed by atoms with Crippen molar-refractivity contribution in [2.45, 2.75) is 51.9 Å². The highest BCUT2D eigenvalue weighted by atomic mass is 79.9. The minimum atomic E-state index is -3.69. The molecule has 1 aliphatic rings. The molecule has 0 spiro atoms. The molecule has 0 aromatic heterocycles. The van der Waals surface area contributed by atoms with E-state index >= 15 is 0 Å². The minimum Gasteiger partial charge on any atom is -0.494 e. The Hall–Kier alpha value is -1.90. The minimum absolute atomic E-state index is 0.132. The number of nitrogens with one attached hydrogen (secondary N) is 1. The van der Waals surface area contributed by atoms with Crippen molar-refractivity contribution in [2.24, 2.45) is 5.92 Å². The second-order valence-electron chi connectivity index (χ2n) is 8.16. The van der Waals surface area contributed by atoms with Gasteiger partial charge in [-0.25, -0.2) is 8.42 Å². The molecule has 1 atom stereocenters. The highest BCUT2D eigenvalue weighted by molar-refractivity contribution is 9.10. The van der Waals surface area contributed by atoms with Crippen LogP contribution in [0, 0.1) is 19.8 Å². The van der Waals surface area contributed by atoms with Crippen molar-refractivity contribution in [3.05, 3.63) is 51.5 Å². The summed E-state index contributed by atoms with van der Waals surface area (Å²) in [6, 6.07) is 8.90. The molecule has 1 heterocycles. The molecule has 1 fully saturated rings. The quantitative estimate of drug-likeness (QED) is 0.550. The van der Waals surface area contributed by atoms with Crippen LogP contribution in [0.1, 0.15) is 43.4 Å². The van der Waals surface area contributed by atoms with E-state index in [0.29, 0.717) is 31.7 Å². The number of hydrogen-bond donors (Lipinski definition) is 1. The monoisotopic (exact) mass is 522 g/mol. The van der Waals surface area contributed by atoms with E-state index in [-0.39, 0.29) is 17.3 Å². The lowest BCUT2D eigenvalue weighted by Crippen LogP contribution is -2.43. The standard InChI is InChI=1S/C24H31BrN2O4S/c1-5-18-14-20(25)12-17(4)23(18)26-24(28)19-8-7-11-27(15-19)32(29,30)21-9-10-22(31-6-2)16(3)13-21/h9-10,12-14,19H,5-8,11,15H2,1-4H3,(H,26,28)/t19-/m0/s1. The fourth-order valence-electron chi connectivity index (χ4n) is 4.12. The molecule has 3 rings (SSSR count). The van der Waals surface area contributed by atoms with Gasteiger partial charge in [-0.2, -0.15) is 4.31 Å². The Labute approximate surface area is 199 Å². The number of amides is 1. The summed E-state index contributed by atoms with van der Waals surface area (Å²) in [4.78, 5) is 13.3. The number of anilines is 1. The van der Waals surface area contributed by atoms with E-state index in [1.54, 1.807) is 18.2 Å². The maximum absolute atomic E-state index is 13.3. The SMILES string of the molecule is CCOc1ccc(S(=O)(=O)N2CCC[C@H](C(=O)Nc3c(C)cc(Br)cc3CC)C2)cc1C. The van der Waals surface area contributed by atoms with Gasteiger partial charge in [0.1, 0.15) is 5.75 Å². The Bertz CT molecular complexity index is 1100. The summed E-state index contributed by atoms with van der Waals surface area (Å²) in [5.74, 6) is 0.155. The number of carbonyl (C=O) groups is 1. The lowest BCUT2D eigenvalue weighted by Gasteiger charge is -2.31. The first-order chi connectivity index (χ1) is 15.2. The van der Waals surface area contributed by atoms with Crippen LogP contribution in [0.3, 0.4) is 0 Å². The predicted octanol–water partition coefficient (Wildman–Crippen LogP) is 5.07. The second-order valence-corrected chi connectivity index (χ2v) is 11.0. The van der Waals surface area contributed by atoms with Gasteiger partial charge in [-0.05, 0) is 87.1 Å². The van der Waals surface area contributed by atoms with E-state index in [0.717, 1.165) is 33.3 Å². The van der Waals surface area contributed by atoms with E-state index in [9.17, 15) is 13.2 Å². The molecule has 1 amide bonds. The fraction of sp³-hybridized carbons (Fsp3) is 0.458. The number of aryl methyl sites for hydroxylation is 3. The number of halogens is 1. The van der Waals surface area contributed by atoms with Gasteiger partial charge in [0.2, 0.25) is 15.9 Å². The van der Waals surface area contributed by atoms with E-state index in [1.807, 2.05) is 39.8 Å². The number of hydrogen-bond acceptors (Lipinski definition) is 4. The smallest absolute Gasteiger partial charge is 0.243 e. The fourth-order valence-corrected chi connectivity index (χ4v) is 6.35. The van der Waals surface area contributed by atoms with Crippen molar-refractivity contribution >= 4 is 37.5 Å². The van der Waals surface area contributed by atoms with Crippen molar-refractivity contribution in [3.8, 4) is 5.75 Å². The van der Waals surface area contributed by atoms with Gasteiger partial charge in [-0.15, -0.1) is 0 Å². The van der Waals surface area contributed by atoms with Crippen LogP contribution in [-0.2, 0) is 21.2 Å². The first kappa shape index (κ1) is 24.7. The number of piperidine rings is 1. The van der Waals surface area contributed by atoms with E-state index in [4.69, 9.17) is 4.74 Å². The maximum Gasteiger partial charge on any atom is 0.243 e. The van der Waals surface area contributed by atoms with Crippen LogP contribution < -0.4 is 10.1 Å². The molecule has 0 unspecified atom stereocenters. The van der Waals surface area contributed by atoms with Gasteiger partial charge in [0.25, 0.3) is 0 Å². The van der Waals surface area contributed by atoms with Gasteiger partial charge in [0, 0.05) is 23.2 Å². The van der Waals surface area contributed by atoms with Gasteiger partial charge >= 0.3 is 0 Å². The van der Waals surface area contributed by atoms with Crippen LogP contribution in [0.15, 0.2) is 39.7 Å². The van der Waals surface area contributed by atoms with Crippen molar-refractivity contribution in [1.29, 1.82) is 0 Å². The van der Waals surface area contributed by atoms with Crippen LogP contribution in [-0.4, -0.2) is 38.3 Å². The molecular weight excluding hydrogens is 492 g/mol. The lowest BCUT2D eigenvalue weighted by atomic mass is 9.98. The summed E-state index contributed by atoms with van der Waals surface area (Å²) in [5.41, 5.74) is 3.63. The number of ether oxygens (including phenoxy) is 1. The summed E-state index contributed by atoms with van der Waals surface area (Å²) in [5, 5.41) is 3.07. The molecule has 0 aliphatic carbocycles. The van der Waals surface area contributed by atoms with Crippen molar-refractivity contribution in [3.63, 3.8) is 0 Å². The maximum atomic E-state index is 13.3. The average molecular weight is 523 g/mol. The number of carbonyl (C=O) groups excluding carboxylic acids is 1. The first-order valence-corrected chi connectivity index (χ1v) is 13.2. The number of benzene rings is 2. The van der Waals surface area contributed by atoms with E-state index in [1.165, 1.54) is 4.31 Å². The topological polar surface area (TPSA) is 75.7 Å². The molecule has 6 nitrogen and oxygen atoms in total. The Kier molecular flexibility index (Phi) is 8.01. The summed E-state index contributed by atoms with van der Waals surface area (Å²) >= 11 is 3.51.